The third-order valence-corrected chi connectivity index (χ3v) is 5.71. The summed E-state index contributed by atoms with van der Waals surface area (Å²) in [6.07, 6.45) is 9.26. The lowest BCUT2D eigenvalue weighted by Crippen LogP contribution is -2.42. The molecule has 2 aromatic rings. The molecule has 1 atom stereocenters. The number of aryl methyl sites for hydroxylation is 1. The maximum absolute atomic E-state index is 12.4. The molecule has 0 radical (unpaired) electrons. The Labute approximate surface area is 160 Å². The molecular weight excluding hydrogens is 338 g/mol. The van der Waals surface area contributed by atoms with Gasteiger partial charge in [-0.3, -0.25) is 4.79 Å². The van der Waals surface area contributed by atoms with Crippen molar-refractivity contribution in [2.45, 2.75) is 76.9 Å². The average molecular weight is 367 g/mol. The monoisotopic (exact) mass is 367 g/mol. The van der Waals surface area contributed by atoms with Crippen molar-refractivity contribution >= 4 is 11.6 Å². The molecule has 27 heavy (non-hydrogen) atoms. The van der Waals surface area contributed by atoms with E-state index in [0.717, 1.165) is 48.7 Å². The van der Waals surface area contributed by atoms with Crippen LogP contribution in [0, 0.1) is 0 Å². The van der Waals surface area contributed by atoms with Crippen LogP contribution in [0.2, 0.25) is 0 Å². The number of hydrogen-bond donors (Lipinski definition) is 2. The van der Waals surface area contributed by atoms with Crippen LogP contribution in [0.1, 0.15) is 57.7 Å². The summed E-state index contributed by atoms with van der Waals surface area (Å²) >= 11 is 0. The standard InChI is InChI=1S/C21H29N5O/c1-15(21(27)23-17-9-4-5-10-17)22-18-11-7-8-16(14-18)20-25-24-19-12-3-2-6-13-26(19)20/h7-8,11,14-15,17,22H,2-6,9-10,12-13H2,1H3,(H,23,27)/t15-/m1/s1. The number of amides is 1. The van der Waals surface area contributed by atoms with E-state index in [2.05, 4.69) is 37.5 Å². The van der Waals surface area contributed by atoms with Gasteiger partial charge >= 0.3 is 0 Å². The van der Waals surface area contributed by atoms with Gasteiger partial charge in [0, 0.05) is 30.3 Å². The maximum atomic E-state index is 12.4. The molecule has 2 aliphatic rings. The van der Waals surface area contributed by atoms with Crippen LogP contribution in [0.25, 0.3) is 11.4 Å². The normalized spacial score (nSPS) is 18.6. The van der Waals surface area contributed by atoms with E-state index in [1.807, 2.05) is 19.1 Å². The van der Waals surface area contributed by atoms with Gasteiger partial charge in [-0.2, -0.15) is 0 Å². The second-order valence-electron chi connectivity index (χ2n) is 7.84. The highest BCUT2D eigenvalue weighted by Crippen LogP contribution is 2.25. The van der Waals surface area contributed by atoms with E-state index in [9.17, 15) is 4.79 Å². The van der Waals surface area contributed by atoms with E-state index in [-0.39, 0.29) is 11.9 Å². The highest BCUT2D eigenvalue weighted by molar-refractivity contribution is 5.84. The van der Waals surface area contributed by atoms with E-state index < -0.39 is 0 Å². The first-order valence-corrected chi connectivity index (χ1v) is 10.3. The highest BCUT2D eigenvalue weighted by Gasteiger charge is 2.21. The van der Waals surface area contributed by atoms with Crippen LogP contribution in [-0.2, 0) is 17.8 Å². The molecule has 2 heterocycles. The quantitative estimate of drug-likeness (QED) is 0.848. The molecule has 0 spiro atoms. The number of nitrogens with zero attached hydrogens (tertiary/aromatic N) is 3. The molecule has 6 nitrogen and oxygen atoms in total. The minimum absolute atomic E-state index is 0.0728. The first-order chi connectivity index (χ1) is 13.2. The Balaban J connectivity index is 1.46. The number of fused-ring (bicyclic) bond motifs is 1. The lowest BCUT2D eigenvalue weighted by molar-refractivity contribution is -0.122. The zero-order valence-electron chi connectivity index (χ0n) is 16.1. The van der Waals surface area contributed by atoms with E-state index in [1.54, 1.807) is 0 Å². The molecular formula is C21H29N5O. The van der Waals surface area contributed by atoms with Crippen LogP contribution in [0.3, 0.4) is 0 Å². The second-order valence-corrected chi connectivity index (χ2v) is 7.84. The summed E-state index contributed by atoms with van der Waals surface area (Å²) in [5.74, 6) is 2.09. The maximum Gasteiger partial charge on any atom is 0.242 e. The molecule has 1 amide bonds. The molecule has 6 heteroatoms. The van der Waals surface area contributed by atoms with Gasteiger partial charge in [-0.1, -0.05) is 31.4 Å². The molecule has 1 fully saturated rings. The number of hydrogen-bond acceptors (Lipinski definition) is 4. The van der Waals surface area contributed by atoms with Gasteiger partial charge in [-0.15, -0.1) is 10.2 Å². The summed E-state index contributed by atoms with van der Waals surface area (Å²) in [6.45, 7) is 2.90. The van der Waals surface area contributed by atoms with Crippen molar-refractivity contribution in [3.05, 3.63) is 30.1 Å². The smallest absolute Gasteiger partial charge is 0.242 e. The van der Waals surface area contributed by atoms with Gasteiger partial charge in [0.2, 0.25) is 5.91 Å². The Morgan fingerprint density at radius 2 is 2.00 bits per heavy atom. The predicted octanol–water partition coefficient (Wildman–Crippen LogP) is 3.53. The van der Waals surface area contributed by atoms with Crippen molar-refractivity contribution in [3.63, 3.8) is 0 Å². The summed E-state index contributed by atoms with van der Waals surface area (Å²) < 4.78 is 2.25. The molecule has 0 saturated heterocycles. The second kappa shape index (κ2) is 8.11. The van der Waals surface area contributed by atoms with Crippen molar-refractivity contribution in [2.24, 2.45) is 0 Å². The Morgan fingerprint density at radius 1 is 1.15 bits per heavy atom. The highest BCUT2D eigenvalue weighted by atomic mass is 16.2. The van der Waals surface area contributed by atoms with E-state index >= 15 is 0 Å². The Morgan fingerprint density at radius 3 is 2.85 bits per heavy atom. The summed E-state index contributed by atoms with van der Waals surface area (Å²) in [5, 5.41) is 15.3. The number of carbonyl (C=O) groups excluding carboxylic acids is 1. The molecule has 0 unspecified atom stereocenters. The Kier molecular flexibility index (Phi) is 5.41. The molecule has 2 N–H and O–H groups in total. The van der Waals surface area contributed by atoms with Crippen LogP contribution in [0.4, 0.5) is 5.69 Å². The number of benzene rings is 1. The fraction of sp³-hybridized carbons (Fsp3) is 0.571. The van der Waals surface area contributed by atoms with Gasteiger partial charge < -0.3 is 15.2 Å². The van der Waals surface area contributed by atoms with Gasteiger partial charge in [0.05, 0.1) is 0 Å². The molecule has 0 bridgehead atoms. The molecule has 144 valence electrons. The number of rotatable bonds is 5. The third kappa shape index (κ3) is 4.15. The summed E-state index contributed by atoms with van der Waals surface area (Å²) in [4.78, 5) is 12.4. The molecule has 1 aliphatic carbocycles. The van der Waals surface area contributed by atoms with E-state index in [1.165, 1.54) is 32.1 Å². The number of nitrogens with one attached hydrogen (secondary N) is 2. The Bertz CT molecular complexity index is 794. The van der Waals surface area contributed by atoms with Gasteiger partial charge in [0.1, 0.15) is 11.9 Å². The van der Waals surface area contributed by atoms with Gasteiger partial charge in [-0.25, -0.2) is 0 Å². The predicted molar refractivity (Wildman–Crippen MR) is 106 cm³/mol. The molecule has 1 aromatic heterocycles. The van der Waals surface area contributed by atoms with Crippen molar-refractivity contribution in [1.82, 2.24) is 20.1 Å². The number of anilines is 1. The summed E-state index contributed by atoms with van der Waals surface area (Å²) in [5.41, 5.74) is 1.98. The van der Waals surface area contributed by atoms with Crippen LogP contribution >= 0.6 is 0 Å². The van der Waals surface area contributed by atoms with Crippen molar-refractivity contribution in [1.29, 1.82) is 0 Å². The average Bonchev–Trinajstić information content (AvgIpc) is 3.26. The number of aromatic nitrogens is 3. The SMILES string of the molecule is C[C@@H](Nc1cccc(-c2nnc3n2CCCCC3)c1)C(=O)NC1CCCC1. The molecule has 4 rings (SSSR count). The van der Waals surface area contributed by atoms with Crippen molar-refractivity contribution < 1.29 is 4.79 Å². The molecule has 1 aliphatic heterocycles. The fourth-order valence-corrected chi connectivity index (χ4v) is 4.16. The largest absolute Gasteiger partial charge is 0.374 e. The Hall–Kier alpha value is -2.37. The molecule has 1 aromatic carbocycles. The minimum Gasteiger partial charge on any atom is -0.374 e. The van der Waals surface area contributed by atoms with Gasteiger partial charge in [-0.05, 0) is 44.7 Å². The van der Waals surface area contributed by atoms with Gasteiger partial charge in [0.15, 0.2) is 5.82 Å². The first kappa shape index (κ1) is 18.0. The van der Waals surface area contributed by atoms with Crippen LogP contribution in [0.5, 0.6) is 0 Å². The summed E-state index contributed by atoms with van der Waals surface area (Å²) in [6, 6.07) is 8.23. The lowest BCUT2D eigenvalue weighted by atomic mass is 10.1. The van der Waals surface area contributed by atoms with E-state index in [4.69, 9.17) is 0 Å². The fourth-order valence-electron chi connectivity index (χ4n) is 4.16. The topological polar surface area (TPSA) is 71.8 Å². The zero-order valence-corrected chi connectivity index (χ0v) is 16.1. The van der Waals surface area contributed by atoms with Crippen molar-refractivity contribution in [3.8, 4) is 11.4 Å². The van der Waals surface area contributed by atoms with Crippen molar-refractivity contribution in [2.75, 3.05) is 5.32 Å². The van der Waals surface area contributed by atoms with Crippen LogP contribution in [-0.4, -0.2) is 32.8 Å². The van der Waals surface area contributed by atoms with Crippen LogP contribution < -0.4 is 10.6 Å². The van der Waals surface area contributed by atoms with E-state index in [0.29, 0.717) is 6.04 Å². The zero-order chi connectivity index (χ0) is 18.6. The minimum atomic E-state index is -0.267. The van der Waals surface area contributed by atoms with Crippen LogP contribution in [0.15, 0.2) is 24.3 Å². The van der Waals surface area contributed by atoms with Gasteiger partial charge in [0.25, 0.3) is 0 Å². The lowest BCUT2D eigenvalue weighted by Gasteiger charge is -2.19. The molecule has 1 saturated carbocycles. The number of carbonyl (C=O) groups is 1. The first-order valence-electron chi connectivity index (χ1n) is 10.3. The third-order valence-electron chi connectivity index (χ3n) is 5.71. The summed E-state index contributed by atoms with van der Waals surface area (Å²) in [7, 11) is 0.